The molecule has 1 N–H and O–H groups in total. The van der Waals surface area contributed by atoms with Crippen LogP contribution in [0.5, 0.6) is 6.01 Å². The number of halogens is 1. The third-order valence-corrected chi connectivity index (χ3v) is 4.90. The van der Waals surface area contributed by atoms with Crippen molar-refractivity contribution in [3.05, 3.63) is 94.3 Å². The molecule has 1 aromatic heterocycles. The van der Waals surface area contributed by atoms with Gasteiger partial charge in [-0.15, -0.1) is 5.10 Å². The molecule has 0 unspecified atom stereocenters. The van der Waals surface area contributed by atoms with Gasteiger partial charge in [-0.25, -0.2) is 9.07 Å². The number of carbonyl (C=O) groups is 1. The van der Waals surface area contributed by atoms with E-state index in [9.17, 15) is 19.3 Å². The quantitative estimate of drug-likeness (QED) is 0.274. The number of nitro benzene ring substituents is 1. The Morgan fingerprint density at radius 2 is 1.86 bits per heavy atom. The number of amides is 1. The number of non-ortho nitro benzene ring substituents is 1. The van der Waals surface area contributed by atoms with Crippen molar-refractivity contribution in [1.29, 1.82) is 0 Å². The Morgan fingerprint density at radius 3 is 2.57 bits per heavy atom. The average Bonchev–Trinajstić information content (AvgIpc) is 3.28. The second-order valence-electron chi connectivity index (χ2n) is 8.15. The molecule has 0 saturated carbocycles. The molecule has 3 aromatic carbocycles. The highest BCUT2D eigenvalue weighted by atomic mass is 19.1. The Morgan fingerprint density at radius 1 is 1.11 bits per heavy atom. The first-order valence-corrected chi connectivity index (χ1v) is 10.8. The number of carbonyl (C=O) groups excluding carboxylic acids is 1. The highest BCUT2D eigenvalue weighted by Gasteiger charge is 2.17. The lowest BCUT2D eigenvalue weighted by molar-refractivity contribution is -0.384. The number of benzene rings is 3. The zero-order valence-electron chi connectivity index (χ0n) is 19.0. The summed E-state index contributed by atoms with van der Waals surface area (Å²) in [6.45, 7) is 4.43. The maximum absolute atomic E-state index is 13.5. The van der Waals surface area contributed by atoms with Gasteiger partial charge >= 0.3 is 6.01 Å². The lowest BCUT2D eigenvalue weighted by atomic mass is 10.1. The predicted molar refractivity (Wildman–Crippen MR) is 128 cm³/mol. The third kappa shape index (κ3) is 5.67. The maximum atomic E-state index is 13.5. The molecule has 10 heteroatoms. The van der Waals surface area contributed by atoms with Gasteiger partial charge in [-0.05, 0) is 54.4 Å². The number of hydrogen-bond acceptors (Lipinski definition) is 6. The van der Waals surface area contributed by atoms with Crippen LogP contribution in [0.15, 0.2) is 72.8 Å². The van der Waals surface area contributed by atoms with E-state index < -0.39 is 10.8 Å². The van der Waals surface area contributed by atoms with Crippen LogP contribution >= 0.6 is 0 Å². The number of aromatic nitrogens is 3. The molecule has 0 atom stereocenters. The molecule has 0 spiro atoms. The van der Waals surface area contributed by atoms with Crippen molar-refractivity contribution in [1.82, 2.24) is 14.8 Å². The van der Waals surface area contributed by atoms with E-state index in [1.807, 2.05) is 13.8 Å². The maximum Gasteiger partial charge on any atom is 0.336 e. The van der Waals surface area contributed by atoms with Gasteiger partial charge in [0.2, 0.25) is 0 Å². The molecule has 0 aliphatic carbocycles. The number of rotatable bonds is 8. The Hall–Kier alpha value is -4.60. The van der Waals surface area contributed by atoms with Gasteiger partial charge in [0.15, 0.2) is 5.82 Å². The molecule has 4 aromatic rings. The summed E-state index contributed by atoms with van der Waals surface area (Å²) in [5.74, 6) is -0.166. The van der Waals surface area contributed by atoms with E-state index in [2.05, 4.69) is 15.4 Å². The van der Waals surface area contributed by atoms with E-state index in [1.54, 1.807) is 41.1 Å². The van der Waals surface area contributed by atoms with E-state index in [0.717, 1.165) is 0 Å². The number of hydrogen-bond donors (Lipinski definition) is 1. The van der Waals surface area contributed by atoms with Gasteiger partial charge in [0.05, 0.1) is 17.2 Å². The standard InChI is InChI=1S/C25H22FN5O4/c1-16(2)15-35-25-28-23(17-9-11-19(26)12-10-17)30(29-25)21-7-4-6-20(14-21)27-24(32)18-5-3-8-22(13-18)31(33)34/h3-14,16H,15H2,1-2H3,(H,27,32). The number of nitrogens with one attached hydrogen (secondary N) is 1. The molecule has 1 heterocycles. The average molecular weight is 475 g/mol. The van der Waals surface area contributed by atoms with Gasteiger partial charge in [0.1, 0.15) is 5.82 Å². The summed E-state index contributed by atoms with van der Waals surface area (Å²) in [5.41, 5.74) is 1.63. The molecular formula is C25H22FN5O4. The van der Waals surface area contributed by atoms with Crippen LogP contribution in [-0.2, 0) is 0 Å². The predicted octanol–water partition coefficient (Wildman–Crippen LogP) is 5.27. The van der Waals surface area contributed by atoms with Crippen LogP contribution in [0.3, 0.4) is 0 Å². The Labute approximate surface area is 200 Å². The Kier molecular flexibility index (Phi) is 6.81. The van der Waals surface area contributed by atoms with Crippen LogP contribution in [0.25, 0.3) is 17.1 Å². The molecule has 1 amide bonds. The smallest absolute Gasteiger partial charge is 0.336 e. The van der Waals surface area contributed by atoms with Crippen molar-refractivity contribution in [2.24, 2.45) is 5.92 Å². The van der Waals surface area contributed by atoms with E-state index in [1.165, 1.54) is 36.4 Å². The molecule has 0 aliphatic rings. The van der Waals surface area contributed by atoms with E-state index in [0.29, 0.717) is 29.4 Å². The summed E-state index contributed by atoms with van der Waals surface area (Å²) in [4.78, 5) is 27.6. The van der Waals surface area contributed by atoms with Gasteiger partial charge in [-0.2, -0.15) is 4.98 Å². The summed E-state index contributed by atoms with van der Waals surface area (Å²) in [6.07, 6.45) is 0. The van der Waals surface area contributed by atoms with Crippen molar-refractivity contribution < 1.29 is 18.8 Å². The lowest BCUT2D eigenvalue weighted by Gasteiger charge is -2.09. The summed E-state index contributed by atoms with van der Waals surface area (Å²) in [5, 5.41) is 18.2. The van der Waals surface area contributed by atoms with Crippen LogP contribution < -0.4 is 10.1 Å². The molecule has 0 radical (unpaired) electrons. The zero-order valence-corrected chi connectivity index (χ0v) is 19.0. The minimum Gasteiger partial charge on any atom is -0.462 e. The monoisotopic (exact) mass is 475 g/mol. The largest absolute Gasteiger partial charge is 0.462 e. The first kappa shape index (κ1) is 23.6. The molecular weight excluding hydrogens is 453 g/mol. The number of nitrogens with zero attached hydrogens (tertiary/aromatic N) is 4. The topological polar surface area (TPSA) is 112 Å². The summed E-state index contributed by atoms with van der Waals surface area (Å²) in [6, 6.07) is 18.4. The summed E-state index contributed by atoms with van der Waals surface area (Å²) >= 11 is 0. The zero-order chi connectivity index (χ0) is 24.9. The molecule has 0 fully saturated rings. The number of anilines is 1. The fourth-order valence-corrected chi connectivity index (χ4v) is 3.24. The van der Waals surface area contributed by atoms with Crippen molar-refractivity contribution in [2.75, 3.05) is 11.9 Å². The third-order valence-electron chi connectivity index (χ3n) is 4.90. The van der Waals surface area contributed by atoms with Crippen LogP contribution in [-0.4, -0.2) is 32.2 Å². The first-order valence-electron chi connectivity index (χ1n) is 10.8. The highest BCUT2D eigenvalue weighted by Crippen LogP contribution is 2.26. The minimum absolute atomic E-state index is 0.154. The van der Waals surface area contributed by atoms with Crippen molar-refractivity contribution in [3.63, 3.8) is 0 Å². The SMILES string of the molecule is CC(C)COc1nc(-c2ccc(F)cc2)n(-c2cccc(NC(=O)c3cccc([N+](=O)[O-])c3)c2)n1. The normalized spacial score (nSPS) is 10.9. The molecule has 0 saturated heterocycles. The fourth-order valence-electron chi connectivity index (χ4n) is 3.24. The highest BCUT2D eigenvalue weighted by molar-refractivity contribution is 6.04. The number of ether oxygens (including phenoxy) is 1. The van der Waals surface area contributed by atoms with Gasteiger partial charge < -0.3 is 10.1 Å². The molecule has 9 nitrogen and oxygen atoms in total. The van der Waals surface area contributed by atoms with Gasteiger partial charge in [-0.1, -0.05) is 26.0 Å². The molecule has 4 rings (SSSR count). The van der Waals surface area contributed by atoms with Crippen LogP contribution in [0.4, 0.5) is 15.8 Å². The van der Waals surface area contributed by atoms with E-state index in [-0.39, 0.29) is 29.0 Å². The van der Waals surface area contributed by atoms with Gasteiger partial charge in [-0.3, -0.25) is 14.9 Å². The summed E-state index contributed by atoms with van der Waals surface area (Å²) < 4.78 is 20.7. The van der Waals surface area contributed by atoms with Gasteiger partial charge in [0.25, 0.3) is 11.6 Å². The Balaban J connectivity index is 1.66. The summed E-state index contributed by atoms with van der Waals surface area (Å²) in [7, 11) is 0. The molecule has 178 valence electrons. The fraction of sp³-hybridized carbons (Fsp3) is 0.160. The second-order valence-corrected chi connectivity index (χ2v) is 8.15. The number of nitro groups is 1. The molecule has 0 aliphatic heterocycles. The van der Waals surface area contributed by atoms with Crippen molar-refractivity contribution >= 4 is 17.3 Å². The first-order chi connectivity index (χ1) is 16.8. The van der Waals surface area contributed by atoms with E-state index in [4.69, 9.17) is 4.74 Å². The second kappa shape index (κ2) is 10.1. The van der Waals surface area contributed by atoms with E-state index >= 15 is 0 Å². The van der Waals surface area contributed by atoms with Crippen molar-refractivity contribution in [3.8, 4) is 23.1 Å². The lowest BCUT2D eigenvalue weighted by Crippen LogP contribution is -2.12. The van der Waals surface area contributed by atoms with Crippen LogP contribution in [0, 0.1) is 21.8 Å². The van der Waals surface area contributed by atoms with Crippen molar-refractivity contribution in [2.45, 2.75) is 13.8 Å². The van der Waals surface area contributed by atoms with Crippen LogP contribution in [0.2, 0.25) is 0 Å². The minimum atomic E-state index is -0.558. The Bertz CT molecular complexity index is 1370. The van der Waals surface area contributed by atoms with Gasteiger partial charge in [0, 0.05) is 28.9 Å². The van der Waals surface area contributed by atoms with Crippen LogP contribution in [0.1, 0.15) is 24.2 Å². The molecule has 0 bridgehead atoms. The molecule has 35 heavy (non-hydrogen) atoms.